The van der Waals surface area contributed by atoms with Crippen LogP contribution in [0, 0.1) is 0 Å². The molecule has 0 unspecified atom stereocenters. The quantitative estimate of drug-likeness (QED) is 0.107. The summed E-state index contributed by atoms with van der Waals surface area (Å²) >= 11 is 0. The van der Waals surface area contributed by atoms with Crippen LogP contribution in [0.3, 0.4) is 0 Å². The van der Waals surface area contributed by atoms with Crippen molar-refractivity contribution >= 4 is 43.1 Å². The molecule has 0 radical (unpaired) electrons. The molecule has 6 nitrogen and oxygen atoms in total. The molecule has 0 aromatic heterocycles. The maximum Gasteiger partial charge on any atom is 0.128 e. The number of aliphatic hydroxyl groups is 2. The van der Waals surface area contributed by atoms with Crippen molar-refractivity contribution in [1.82, 2.24) is 0 Å². The molecule has 0 heterocycles. The molecule has 0 atom stereocenters. The number of benzene rings is 10. The van der Waals surface area contributed by atoms with E-state index in [2.05, 4.69) is 133 Å². The van der Waals surface area contributed by atoms with Gasteiger partial charge in [-0.25, -0.2) is 0 Å². The van der Waals surface area contributed by atoms with Crippen LogP contribution in [-0.4, -0.2) is 36.6 Å². The van der Waals surface area contributed by atoms with Gasteiger partial charge in [0.2, 0.25) is 0 Å². The van der Waals surface area contributed by atoms with Crippen molar-refractivity contribution in [3.63, 3.8) is 0 Å². The topological polar surface area (TPSA) is 77.4 Å². The van der Waals surface area contributed by atoms with Gasteiger partial charge in [0.05, 0.1) is 13.2 Å². The van der Waals surface area contributed by atoms with Crippen molar-refractivity contribution in [2.45, 2.75) is 13.2 Å². The van der Waals surface area contributed by atoms with Crippen molar-refractivity contribution < 1.29 is 29.2 Å². The van der Waals surface area contributed by atoms with Crippen molar-refractivity contribution in [3.8, 4) is 56.4 Å². The lowest BCUT2D eigenvalue weighted by Gasteiger charge is -2.20. The highest BCUT2D eigenvalue weighted by molar-refractivity contribution is 6.11. The molecular weight excluding hydrogens is 793 g/mol. The van der Waals surface area contributed by atoms with Crippen LogP contribution in [0.15, 0.2) is 194 Å². The fraction of sp³-hybridized carbons (Fsp3) is 0.103. The summed E-state index contributed by atoms with van der Waals surface area (Å²) in [5.74, 6) is 2.92. The van der Waals surface area contributed by atoms with Gasteiger partial charge >= 0.3 is 0 Å². The highest BCUT2D eigenvalue weighted by Crippen LogP contribution is 2.47. The van der Waals surface area contributed by atoms with E-state index in [1.54, 1.807) is 0 Å². The highest BCUT2D eigenvalue weighted by Gasteiger charge is 2.21. The first kappa shape index (κ1) is 40.4. The highest BCUT2D eigenvalue weighted by atomic mass is 16.5. The summed E-state index contributed by atoms with van der Waals surface area (Å²) in [5.41, 5.74) is 8.12. The van der Waals surface area contributed by atoms with Gasteiger partial charge in [0.15, 0.2) is 0 Å². The third-order valence-corrected chi connectivity index (χ3v) is 11.8. The average Bonchev–Trinajstić information content (AvgIpc) is 3.36. The van der Waals surface area contributed by atoms with Crippen LogP contribution >= 0.6 is 0 Å². The molecule has 0 saturated heterocycles. The third kappa shape index (κ3) is 8.09. The molecule has 10 aromatic carbocycles. The minimum absolute atomic E-state index is 0.0787. The molecule has 64 heavy (non-hydrogen) atoms. The zero-order valence-electron chi connectivity index (χ0n) is 35.2. The first-order valence-corrected chi connectivity index (χ1v) is 21.7. The molecule has 2 N–H and O–H groups in total. The van der Waals surface area contributed by atoms with Gasteiger partial charge < -0.3 is 29.2 Å². The molecule has 10 aromatic rings. The molecule has 0 fully saturated rings. The zero-order valence-corrected chi connectivity index (χ0v) is 35.2. The molecule has 0 amide bonds. The number of ether oxygens (including phenoxy) is 4. The largest absolute Gasteiger partial charge is 0.491 e. The van der Waals surface area contributed by atoms with E-state index in [1.165, 1.54) is 0 Å². The normalized spacial score (nSPS) is 11.3. The average molecular weight is 839 g/mol. The smallest absolute Gasteiger partial charge is 0.128 e. The van der Waals surface area contributed by atoms with Gasteiger partial charge in [-0.05, 0) is 89.6 Å². The molecule has 6 heteroatoms. The summed E-state index contributed by atoms with van der Waals surface area (Å²) in [4.78, 5) is 0. The van der Waals surface area contributed by atoms with Crippen LogP contribution in [0.5, 0.6) is 23.0 Å². The van der Waals surface area contributed by atoms with Crippen molar-refractivity contribution in [2.75, 3.05) is 26.4 Å². The van der Waals surface area contributed by atoms with E-state index < -0.39 is 0 Å². The minimum atomic E-state index is -0.0787. The summed E-state index contributed by atoms with van der Waals surface area (Å²) in [6.07, 6.45) is 0. The van der Waals surface area contributed by atoms with E-state index in [4.69, 9.17) is 18.9 Å². The van der Waals surface area contributed by atoms with E-state index in [-0.39, 0.29) is 26.4 Å². The molecule has 0 bridgehead atoms. The van der Waals surface area contributed by atoms with E-state index in [0.717, 1.165) is 99.1 Å². The molecule has 10 rings (SSSR count). The molecule has 0 aliphatic heterocycles. The number of aliphatic hydroxyl groups excluding tert-OH is 2. The zero-order chi connectivity index (χ0) is 43.2. The lowest BCUT2D eigenvalue weighted by molar-refractivity contribution is 0.202. The van der Waals surface area contributed by atoms with Gasteiger partial charge in [0.25, 0.3) is 0 Å². The minimum Gasteiger partial charge on any atom is -0.491 e. The SMILES string of the molecule is OCCOc1ccc2ccccc2c1-c1c(OCc2ccc(-c3ccc(COc4ccc5ccccc5c4-c4c(OCCO)ccc5ccccc45)cc3)cc2)ccc2ccccc12. The summed E-state index contributed by atoms with van der Waals surface area (Å²) in [5, 5.41) is 28.0. The van der Waals surface area contributed by atoms with Gasteiger partial charge in [0, 0.05) is 22.3 Å². The van der Waals surface area contributed by atoms with Crippen molar-refractivity contribution in [2.24, 2.45) is 0 Å². The Morgan fingerprint density at radius 1 is 0.281 bits per heavy atom. The Kier molecular flexibility index (Phi) is 11.6. The predicted molar refractivity (Wildman–Crippen MR) is 259 cm³/mol. The fourth-order valence-electron chi connectivity index (χ4n) is 8.74. The second-order valence-corrected chi connectivity index (χ2v) is 15.8. The Hall–Kier alpha value is -7.64. The standard InChI is InChI=1S/C58H46O6/c59-33-35-61-51-29-25-43-9-1-5-13-47(43)55(51)57-49-15-7-3-11-45(49)27-31-53(57)63-37-39-17-21-41(22-18-39)42-23-19-40(20-24-42)38-64-54-32-28-46-12-4-8-16-50(46)58(54)56-48-14-6-2-10-44(48)26-30-52(56)62-36-34-60/h1-32,59-60H,33-38H2. The second-order valence-electron chi connectivity index (χ2n) is 15.8. The van der Waals surface area contributed by atoms with Crippen LogP contribution < -0.4 is 18.9 Å². The number of hydrogen-bond donors (Lipinski definition) is 2. The molecule has 0 aliphatic rings. The van der Waals surface area contributed by atoms with E-state index >= 15 is 0 Å². The Morgan fingerprint density at radius 3 is 0.859 bits per heavy atom. The van der Waals surface area contributed by atoms with Gasteiger partial charge in [-0.15, -0.1) is 0 Å². The van der Waals surface area contributed by atoms with E-state index in [9.17, 15) is 10.2 Å². The van der Waals surface area contributed by atoms with Crippen molar-refractivity contribution in [3.05, 3.63) is 205 Å². The lowest BCUT2D eigenvalue weighted by atomic mass is 9.92. The van der Waals surface area contributed by atoms with Crippen LogP contribution in [0.1, 0.15) is 11.1 Å². The summed E-state index contributed by atoms with van der Waals surface area (Å²) < 4.78 is 25.7. The molecular formula is C58H46O6. The van der Waals surface area contributed by atoms with Crippen LogP contribution in [0.4, 0.5) is 0 Å². The number of rotatable bonds is 15. The Bertz CT molecular complexity index is 3030. The van der Waals surface area contributed by atoms with Crippen LogP contribution in [0.25, 0.3) is 76.5 Å². The summed E-state index contributed by atoms with van der Waals surface area (Å²) in [6, 6.07) is 66.7. The molecule has 314 valence electrons. The van der Waals surface area contributed by atoms with Gasteiger partial charge in [-0.1, -0.05) is 170 Å². The van der Waals surface area contributed by atoms with Gasteiger partial charge in [-0.2, -0.15) is 0 Å². The van der Waals surface area contributed by atoms with E-state index in [0.29, 0.717) is 24.7 Å². The predicted octanol–water partition coefficient (Wildman–Crippen LogP) is 13.2. The monoisotopic (exact) mass is 838 g/mol. The lowest BCUT2D eigenvalue weighted by Crippen LogP contribution is -2.04. The number of hydrogen-bond acceptors (Lipinski definition) is 6. The van der Waals surface area contributed by atoms with Crippen LogP contribution in [-0.2, 0) is 13.2 Å². The van der Waals surface area contributed by atoms with Crippen molar-refractivity contribution in [1.29, 1.82) is 0 Å². The number of fused-ring (bicyclic) bond motifs is 4. The Morgan fingerprint density at radius 2 is 0.562 bits per heavy atom. The maximum atomic E-state index is 9.66. The molecule has 0 spiro atoms. The molecule has 0 aliphatic carbocycles. The Labute approximate surface area is 372 Å². The van der Waals surface area contributed by atoms with E-state index in [1.807, 2.05) is 60.7 Å². The molecule has 0 saturated carbocycles. The van der Waals surface area contributed by atoms with Gasteiger partial charge in [-0.3, -0.25) is 0 Å². The summed E-state index contributed by atoms with van der Waals surface area (Å²) in [6.45, 7) is 0.986. The second kappa shape index (κ2) is 18.4. The maximum absolute atomic E-state index is 9.66. The Balaban J connectivity index is 0.891. The first-order valence-electron chi connectivity index (χ1n) is 21.7. The first-order chi connectivity index (χ1) is 31.7. The third-order valence-electron chi connectivity index (χ3n) is 11.8. The fourth-order valence-corrected chi connectivity index (χ4v) is 8.74. The summed E-state index contributed by atoms with van der Waals surface area (Å²) in [7, 11) is 0. The van der Waals surface area contributed by atoms with Crippen LogP contribution in [0.2, 0.25) is 0 Å². The van der Waals surface area contributed by atoms with Gasteiger partial charge in [0.1, 0.15) is 49.4 Å².